The molecule has 2 aromatic carbocycles. The highest BCUT2D eigenvalue weighted by Gasteiger charge is 2.30. The second-order valence-corrected chi connectivity index (χ2v) is 5.07. The topological polar surface area (TPSA) is 47.6 Å². The summed E-state index contributed by atoms with van der Waals surface area (Å²) >= 11 is 0. The van der Waals surface area contributed by atoms with Gasteiger partial charge in [0, 0.05) is 6.54 Å². The van der Waals surface area contributed by atoms with Gasteiger partial charge in [-0.15, -0.1) is 13.2 Å². The maximum Gasteiger partial charge on any atom is 0.573 e. The first-order valence-corrected chi connectivity index (χ1v) is 7.47. The number of rotatable bonds is 7. The molecule has 4 nitrogen and oxygen atoms in total. The molecular formula is C17H14F5NO3. The van der Waals surface area contributed by atoms with Crippen molar-refractivity contribution >= 4 is 5.91 Å². The molecular weight excluding hydrogens is 361 g/mol. The molecule has 0 aliphatic carbocycles. The molecule has 0 saturated heterocycles. The first-order chi connectivity index (χ1) is 12.3. The molecule has 2 aromatic rings. The number of ether oxygens (including phenoxy) is 2. The third-order valence-electron chi connectivity index (χ3n) is 3.12. The quantitative estimate of drug-likeness (QED) is 0.587. The lowest BCUT2D eigenvalue weighted by atomic mass is 10.2. The van der Waals surface area contributed by atoms with Crippen molar-refractivity contribution in [1.29, 1.82) is 0 Å². The highest BCUT2D eigenvalue weighted by atomic mass is 19.4. The van der Waals surface area contributed by atoms with Crippen LogP contribution in [-0.4, -0.2) is 25.4 Å². The fourth-order valence-corrected chi connectivity index (χ4v) is 2.00. The number of amides is 1. The lowest BCUT2D eigenvalue weighted by molar-refractivity contribution is -0.274. The second-order valence-electron chi connectivity index (χ2n) is 5.07. The molecule has 2 rings (SSSR count). The average molecular weight is 375 g/mol. The largest absolute Gasteiger partial charge is 0.573 e. The molecule has 0 spiro atoms. The third kappa shape index (κ3) is 5.91. The van der Waals surface area contributed by atoms with E-state index in [0.717, 1.165) is 30.3 Å². The van der Waals surface area contributed by atoms with E-state index >= 15 is 0 Å². The summed E-state index contributed by atoms with van der Waals surface area (Å²) < 4.78 is 72.0. The van der Waals surface area contributed by atoms with Crippen LogP contribution in [0.3, 0.4) is 0 Å². The number of hydrogen-bond donors (Lipinski definition) is 1. The molecule has 1 N–H and O–H groups in total. The van der Waals surface area contributed by atoms with Crippen LogP contribution in [0.1, 0.15) is 16.8 Å². The number of benzene rings is 2. The molecule has 1 amide bonds. The van der Waals surface area contributed by atoms with Crippen LogP contribution < -0.4 is 14.8 Å². The molecule has 140 valence electrons. The first kappa shape index (κ1) is 19.5. The van der Waals surface area contributed by atoms with Crippen molar-refractivity contribution in [2.24, 2.45) is 0 Å². The van der Waals surface area contributed by atoms with Gasteiger partial charge in [0.2, 0.25) is 0 Å². The number of hydrogen-bond acceptors (Lipinski definition) is 3. The van der Waals surface area contributed by atoms with E-state index in [1.807, 2.05) is 0 Å². The van der Waals surface area contributed by atoms with Gasteiger partial charge in [-0.1, -0.05) is 6.07 Å². The van der Waals surface area contributed by atoms with Gasteiger partial charge < -0.3 is 14.8 Å². The minimum atomic E-state index is -4.77. The average Bonchev–Trinajstić information content (AvgIpc) is 2.54. The van der Waals surface area contributed by atoms with Gasteiger partial charge in [0.05, 0.1) is 6.61 Å². The Morgan fingerprint density at radius 2 is 1.54 bits per heavy atom. The number of alkyl halides is 3. The van der Waals surface area contributed by atoms with Crippen LogP contribution in [0.5, 0.6) is 11.5 Å². The van der Waals surface area contributed by atoms with Crippen LogP contribution >= 0.6 is 0 Å². The molecule has 0 aliphatic heterocycles. The molecule has 0 saturated carbocycles. The summed E-state index contributed by atoms with van der Waals surface area (Å²) in [7, 11) is 0. The van der Waals surface area contributed by atoms with E-state index in [1.165, 1.54) is 12.1 Å². The predicted molar refractivity (Wildman–Crippen MR) is 81.9 cm³/mol. The summed E-state index contributed by atoms with van der Waals surface area (Å²) in [5.74, 6) is -2.86. The second kappa shape index (κ2) is 8.50. The molecule has 0 atom stereocenters. The maximum atomic E-state index is 13.4. The van der Waals surface area contributed by atoms with Gasteiger partial charge in [-0.25, -0.2) is 8.78 Å². The Bertz CT molecular complexity index is 727. The Hall–Kier alpha value is -2.84. The molecule has 26 heavy (non-hydrogen) atoms. The summed E-state index contributed by atoms with van der Waals surface area (Å²) in [4.78, 5) is 11.7. The highest BCUT2D eigenvalue weighted by molar-refractivity contribution is 5.94. The summed E-state index contributed by atoms with van der Waals surface area (Å²) in [6.45, 7) is 0.237. The number of carbonyl (C=O) groups is 1. The monoisotopic (exact) mass is 375 g/mol. The Kier molecular flexibility index (Phi) is 6.37. The Morgan fingerprint density at radius 3 is 2.12 bits per heavy atom. The number of halogens is 5. The molecule has 0 fully saturated rings. The van der Waals surface area contributed by atoms with Gasteiger partial charge in [0.1, 0.15) is 28.7 Å². The van der Waals surface area contributed by atoms with E-state index in [9.17, 15) is 26.7 Å². The number of nitrogens with one attached hydrogen (secondary N) is 1. The van der Waals surface area contributed by atoms with Crippen molar-refractivity contribution in [2.45, 2.75) is 12.8 Å². The predicted octanol–water partition coefficient (Wildman–Crippen LogP) is 4.06. The van der Waals surface area contributed by atoms with Gasteiger partial charge in [-0.3, -0.25) is 4.79 Å². The van der Waals surface area contributed by atoms with Gasteiger partial charge in [0.15, 0.2) is 0 Å². The summed E-state index contributed by atoms with van der Waals surface area (Å²) in [5.41, 5.74) is -0.659. The molecule has 0 aliphatic rings. The van der Waals surface area contributed by atoms with Crippen molar-refractivity contribution in [3.8, 4) is 11.5 Å². The normalized spacial score (nSPS) is 11.1. The van der Waals surface area contributed by atoms with Crippen LogP contribution in [0, 0.1) is 11.6 Å². The minimum Gasteiger partial charge on any atom is -0.494 e. The Morgan fingerprint density at radius 1 is 0.962 bits per heavy atom. The molecule has 0 unspecified atom stereocenters. The van der Waals surface area contributed by atoms with E-state index in [0.29, 0.717) is 12.2 Å². The van der Waals surface area contributed by atoms with E-state index in [4.69, 9.17) is 4.74 Å². The van der Waals surface area contributed by atoms with Crippen LogP contribution in [0.4, 0.5) is 22.0 Å². The van der Waals surface area contributed by atoms with E-state index < -0.39 is 29.5 Å². The third-order valence-corrected chi connectivity index (χ3v) is 3.12. The van der Waals surface area contributed by atoms with Gasteiger partial charge in [-0.05, 0) is 42.8 Å². The van der Waals surface area contributed by atoms with Crippen molar-refractivity contribution in [3.05, 3.63) is 59.7 Å². The van der Waals surface area contributed by atoms with Gasteiger partial charge in [-0.2, -0.15) is 0 Å². The fourth-order valence-electron chi connectivity index (χ4n) is 2.00. The zero-order valence-corrected chi connectivity index (χ0v) is 13.3. The number of carbonyl (C=O) groups excluding carboxylic acids is 1. The van der Waals surface area contributed by atoms with Crippen molar-refractivity contribution < 1.29 is 36.2 Å². The highest BCUT2D eigenvalue weighted by Crippen LogP contribution is 2.24. The SMILES string of the molecule is O=C(NCCCOc1ccc(OC(F)(F)F)cc1)c1c(F)cccc1F. The van der Waals surface area contributed by atoms with Crippen LogP contribution in [0.2, 0.25) is 0 Å². The Balaban J connectivity index is 1.73. The maximum absolute atomic E-state index is 13.4. The van der Waals surface area contributed by atoms with Gasteiger partial charge >= 0.3 is 6.36 Å². The lowest BCUT2D eigenvalue weighted by Gasteiger charge is -2.10. The molecule has 0 heterocycles. The van der Waals surface area contributed by atoms with Crippen molar-refractivity contribution in [1.82, 2.24) is 5.32 Å². The van der Waals surface area contributed by atoms with Crippen LogP contribution in [0.15, 0.2) is 42.5 Å². The molecule has 0 radical (unpaired) electrons. The van der Waals surface area contributed by atoms with Crippen molar-refractivity contribution in [2.75, 3.05) is 13.2 Å². The first-order valence-electron chi connectivity index (χ1n) is 7.47. The standard InChI is InChI=1S/C17H14F5NO3/c18-13-3-1-4-14(19)15(13)16(24)23-9-2-10-25-11-5-7-12(8-6-11)26-17(20,21)22/h1,3-8H,2,9-10H2,(H,23,24). The fraction of sp³-hybridized carbons (Fsp3) is 0.235. The van der Waals surface area contributed by atoms with Crippen LogP contribution in [0.25, 0.3) is 0 Å². The Labute approximate surface area is 145 Å². The smallest absolute Gasteiger partial charge is 0.494 e. The zero-order valence-electron chi connectivity index (χ0n) is 13.3. The summed E-state index contributed by atoms with van der Waals surface area (Å²) in [6.07, 6.45) is -4.44. The zero-order chi connectivity index (χ0) is 19.2. The van der Waals surface area contributed by atoms with Crippen molar-refractivity contribution in [3.63, 3.8) is 0 Å². The van der Waals surface area contributed by atoms with E-state index in [2.05, 4.69) is 10.1 Å². The lowest BCUT2D eigenvalue weighted by Crippen LogP contribution is -2.27. The van der Waals surface area contributed by atoms with Crippen LogP contribution in [-0.2, 0) is 0 Å². The van der Waals surface area contributed by atoms with E-state index in [-0.39, 0.29) is 18.9 Å². The summed E-state index contributed by atoms with van der Waals surface area (Å²) in [6, 6.07) is 7.92. The van der Waals surface area contributed by atoms with E-state index in [1.54, 1.807) is 0 Å². The van der Waals surface area contributed by atoms with Gasteiger partial charge in [0.25, 0.3) is 5.91 Å². The molecule has 0 bridgehead atoms. The molecule has 0 aromatic heterocycles. The summed E-state index contributed by atoms with van der Waals surface area (Å²) in [5, 5.41) is 2.36. The molecule has 9 heteroatoms. The minimum absolute atomic E-state index is 0.0991.